The number of halogens is 1. The SMILES string of the molecule is COCOc1cc(-c2nc3ccc(F)cc3s2)ccc1[N+](=O)[O-]. The van der Waals surface area contributed by atoms with Gasteiger partial charge in [-0.1, -0.05) is 0 Å². The van der Waals surface area contributed by atoms with Crippen LogP contribution in [0.1, 0.15) is 0 Å². The van der Waals surface area contributed by atoms with Crippen molar-refractivity contribution in [3.05, 3.63) is 52.3 Å². The summed E-state index contributed by atoms with van der Waals surface area (Å²) in [5.41, 5.74) is 1.17. The van der Waals surface area contributed by atoms with Crippen molar-refractivity contribution in [2.75, 3.05) is 13.9 Å². The van der Waals surface area contributed by atoms with Gasteiger partial charge in [-0.2, -0.15) is 0 Å². The molecule has 0 spiro atoms. The Balaban J connectivity index is 2.05. The molecule has 0 unspecified atom stereocenters. The number of hydrogen-bond donors (Lipinski definition) is 0. The van der Waals surface area contributed by atoms with Crippen LogP contribution in [0.4, 0.5) is 10.1 Å². The van der Waals surface area contributed by atoms with Gasteiger partial charge < -0.3 is 9.47 Å². The van der Waals surface area contributed by atoms with Crippen molar-refractivity contribution in [2.45, 2.75) is 0 Å². The molecule has 0 aliphatic rings. The second kappa shape index (κ2) is 6.27. The summed E-state index contributed by atoms with van der Waals surface area (Å²) in [7, 11) is 1.43. The number of methoxy groups -OCH3 is 1. The first-order chi connectivity index (χ1) is 11.1. The second-order valence-corrected chi connectivity index (χ2v) is 5.65. The van der Waals surface area contributed by atoms with Crippen LogP contribution >= 0.6 is 11.3 Å². The predicted molar refractivity (Wildman–Crippen MR) is 84.2 cm³/mol. The number of benzene rings is 2. The Hall–Kier alpha value is -2.58. The zero-order valence-corrected chi connectivity index (χ0v) is 12.8. The minimum atomic E-state index is -0.525. The van der Waals surface area contributed by atoms with Gasteiger partial charge in [0.15, 0.2) is 6.79 Å². The lowest BCUT2D eigenvalue weighted by Gasteiger charge is -2.06. The van der Waals surface area contributed by atoms with E-state index in [-0.39, 0.29) is 24.0 Å². The monoisotopic (exact) mass is 334 g/mol. The van der Waals surface area contributed by atoms with Crippen LogP contribution in [0.15, 0.2) is 36.4 Å². The highest BCUT2D eigenvalue weighted by atomic mass is 32.1. The van der Waals surface area contributed by atoms with Crippen molar-refractivity contribution in [2.24, 2.45) is 0 Å². The van der Waals surface area contributed by atoms with Crippen LogP contribution in [-0.2, 0) is 4.74 Å². The highest BCUT2D eigenvalue weighted by Gasteiger charge is 2.17. The molecule has 0 atom stereocenters. The van der Waals surface area contributed by atoms with Crippen LogP contribution in [0, 0.1) is 15.9 Å². The standard InChI is InChI=1S/C15H11FN2O4S/c1-21-8-22-13-6-9(2-5-12(13)18(19)20)15-17-11-4-3-10(16)7-14(11)23-15/h2-7H,8H2,1H3. The first kappa shape index (κ1) is 15.3. The van der Waals surface area contributed by atoms with E-state index in [0.29, 0.717) is 20.8 Å². The molecule has 0 N–H and O–H groups in total. The average Bonchev–Trinajstić information content (AvgIpc) is 2.95. The third kappa shape index (κ3) is 3.13. The average molecular weight is 334 g/mol. The smallest absolute Gasteiger partial charge is 0.311 e. The lowest BCUT2D eigenvalue weighted by Crippen LogP contribution is -2.02. The Kier molecular flexibility index (Phi) is 4.18. The van der Waals surface area contributed by atoms with Gasteiger partial charge in [-0.25, -0.2) is 9.37 Å². The molecule has 0 bridgehead atoms. The van der Waals surface area contributed by atoms with Gasteiger partial charge >= 0.3 is 5.69 Å². The molecule has 118 valence electrons. The van der Waals surface area contributed by atoms with E-state index in [1.165, 1.54) is 42.7 Å². The molecule has 1 heterocycles. The Bertz CT molecular complexity index is 881. The van der Waals surface area contributed by atoms with Crippen LogP contribution < -0.4 is 4.74 Å². The summed E-state index contributed by atoms with van der Waals surface area (Å²) in [6, 6.07) is 8.82. The summed E-state index contributed by atoms with van der Waals surface area (Å²) in [4.78, 5) is 14.9. The molecule has 0 amide bonds. The fourth-order valence-electron chi connectivity index (χ4n) is 2.06. The van der Waals surface area contributed by atoms with Gasteiger partial charge in [0.25, 0.3) is 0 Å². The molecule has 8 heteroatoms. The number of aromatic nitrogens is 1. The second-order valence-electron chi connectivity index (χ2n) is 4.62. The zero-order chi connectivity index (χ0) is 16.4. The molecule has 0 aliphatic carbocycles. The van der Waals surface area contributed by atoms with Gasteiger partial charge in [0.2, 0.25) is 5.75 Å². The number of thiazole rings is 1. The van der Waals surface area contributed by atoms with Gasteiger partial charge in [0.1, 0.15) is 10.8 Å². The number of ether oxygens (including phenoxy) is 2. The van der Waals surface area contributed by atoms with Crippen molar-refractivity contribution < 1.29 is 18.8 Å². The largest absolute Gasteiger partial charge is 0.460 e. The summed E-state index contributed by atoms with van der Waals surface area (Å²) < 4.78 is 24.0. The van der Waals surface area contributed by atoms with Gasteiger partial charge in [-0.3, -0.25) is 10.1 Å². The van der Waals surface area contributed by atoms with E-state index < -0.39 is 4.92 Å². The molecular formula is C15H11FN2O4S. The quantitative estimate of drug-likeness (QED) is 0.400. The molecule has 1 aromatic heterocycles. The maximum absolute atomic E-state index is 13.3. The zero-order valence-electron chi connectivity index (χ0n) is 12.0. The maximum atomic E-state index is 13.3. The van der Waals surface area contributed by atoms with Crippen LogP contribution in [0.3, 0.4) is 0 Å². The van der Waals surface area contributed by atoms with E-state index in [2.05, 4.69) is 4.98 Å². The molecule has 0 saturated heterocycles. The van der Waals surface area contributed by atoms with E-state index >= 15 is 0 Å². The van der Waals surface area contributed by atoms with Crippen molar-refractivity contribution in [3.63, 3.8) is 0 Å². The molecule has 0 saturated carbocycles. The van der Waals surface area contributed by atoms with E-state index in [1.54, 1.807) is 12.1 Å². The summed E-state index contributed by atoms with van der Waals surface area (Å²) in [6.07, 6.45) is 0. The van der Waals surface area contributed by atoms with Crippen molar-refractivity contribution in [3.8, 4) is 16.3 Å². The summed E-state index contributed by atoms with van der Waals surface area (Å²) in [6.45, 7) is -0.102. The third-order valence-corrected chi connectivity index (χ3v) is 4.15. The first-order valence-corrected chi connectivity index (χ1v) is 7.37. The van der Waals surface area contributed by atoms with Crippen LogP contribution in [0.5, 0.6) is 5.75 Å². The molecule has 6 nitrogen and oxygen atoms in total. The number of nitro benzene ring substituents is 1. The van der Waals surface area contributed by atoms with E-state index in [9.17, 15) is 14.5 Å². The number of hydrogen-bond acceptors (Lipinski definition) is 6. The summed E-state index contributed by atoms with van der Waals surface area (Å²) in [5.74, 6) is -0.236. The first-order valence-electron chi connectivity index (χ1n) is 6.55. The number of nitrogens with zero attached hydrogens (tertiary/aromatic N) is 2. The molecule has 0 radical (unpaired) electrons. The van der Waals surface area contributed by atoms with Crippen molar-refractivity contribution in [1.82, 2.24) is 4.98 Å². The van der Waals surface area contributed by atoms with E-state index in [0.717, 1.165) is 0 Å². The molecule has 2 aromatic carbocycles. The maximum Gasteiger partial charge on any atom is 0.311 e. The topological polar surface area (TPSA) is 74.5 Å². The predicted octanol–water partition coefficient (Wildman–Crippen LogP) is 3.99. The van der Waals surface area contributed by atoms with Gasteiger partial charge in [-0.05, 0) is 30.3 Å². The minimum Gasteiger partial charge on any atom is -0.460 e. The molecular weight excluding hydrogens is 323 g/mol. The fraction of sp³-hybridized carbons (Fsp3) is 0.133. The van der Waals surface area contributed by atoms with Gasteiger partial charge in [-0.15, -0.1) is 11.3 Å². The summed E-state index contributed by atoms with van der Waals surface area (Å²) >= 11 is 1.30. The van der Waals surface area contributed by atoms with Gasteiger partial charge in [0.05, 0.1) is 15.1 Å². The Morgan fingerprint density at radius 2 is 2.13 bits per heavy atom. The highest BCUT2D eigenvalue weighted by molar-refractivity contribution is 7.21. The van der Waals surface area contributed by atoms with E-state index in [4.69, 9.17) is 9.47 Å². The Labute approximate surface area is 134 Å². The van der Waals surface area contributed by atoms with Gasteiger partial charge in [0, 0.05) is 18.7 Å². The molecule has 3 aromatic rings. The Morgan fingerprint density at radius 3 is 2.87 bits per heavy atom. The number of nitro groups is 1. The Morgan fingerprint density at radius 1 is 1.30 bits per heavy atom. The lowest BCUT2D eigenvalue weighted by atomic mass is 10.2. The fourth-order valence-corrected chi connectivity index (χ4v) is 3.04. The lowest BCUT2D eigenvalue weighted by molar-refractivity contribution is -0.386. The molecule has 0 aliphatic heterocycles. The number of rotatable bonds is 5. The molecule has 0 fully saturated rings. The normalized spacial score (nSPS) is 10.9. The van der Waals surface area contributed by atoms with Crippen LogP contribution in [-0.4, -0.2) is 23.8 Å². The highest BCUT2D eigenvalue weighted by Crippen LogP contribution is 2.36. The van der Waals surface area contributed by atoms with Crippen molar-refractivity contribution in [1.29, 1.82) is 0 Å². The molecule has 3 rings (SSSR count). The van der Waals surface area contributed by atoms with E-state index in [1.807, 2.05) is 0 Å². The van der Waals surface area contributed by atoms with Crippen LogP contribution in [0.25, 0.3) is 20.8 Å². The van der Waals surface area contributed by atoms with Crippen molar-refractivity contribution >= 4 is 27.2 Å². The molecule has 23 heavy (non-hydrogen) atoms. The minimum absolute atomic E-state index is 0.0970. The number of fused-ring (bicyclic) bond motifs is 1. The van der Waals surface area contributed by atoms with Crippen LogP contribution in [0.2, 0.25) is 0 Å². The summed E-state index contributed by atoms with van der Waals surface area (Å²) in [5, 5.41) is 11.7. The third-order valence-electron chi connectivity index (χ3n) is 3.09.